The molecular weight excluding hydrogens is 180 g/mol. The molecule has 0 saturated heterocycles. The van der Waals surface area contributed by atoms with Gasteiger partial charge in [0.05, 0.1) is 12.7 Å². The number of terminal acetylenes is 1. The van der Waals surface area contributed by atoms with Crippen LogP contribution in [-0.2, 0) is 4.74 Å². The molecule has 0 aliphatic heterocycles. The summed E-state index contributed by atoms with van der Waals surface area (Å²) in [6.07, 6.45) is 5.80. The van der Waals surface area contributed by atoms with Gasteiger partial charge in [-0.3, -0.25) is 4.79 Å². The molecule has 1 rings (SSSR count). The van der Waals surface area contributed by atoms with Gasteiger partial charge in [0.15, 0.2) is 0 Å². The van der Waals surface area contributed by atoms with Gasteiger partial charge in [0, 0.05) is 11.1 Å². The molecule has 0 heterocycles. The number of esters is 1. The quantitative estimate of drug-likeness (QED) is 0.398. The molecule has 3 heteroatoms. The highest BCUT2D eigenvalue weighted by molar-refractivity contribution is 5.92. The molecule has 14 heavy (non-hydrogen) atoms. The lowest BCUT2D eigenvalue weighted by Crippen LogP contribution is -2.02. The lowest BCUT2D eigenvalue weighted by molar-refractivity contribution is 0.0600. The molecule has 0 aromatic heterocycles. The summed E-state index contributed by atoms with van der Waals surface area (Å²) in [5.41, 5.74) is 1.13. The van der Waals surface area contributed by atoms with Crippen molar-refractivity contribution in [3.8, 4) is 12.3 Å². The number of rotatable bonds is 2. The van der Waals surface area contributed by atoms with E-state index in [1.54, 1.807) is 0 Å². The number of hydrogen-bond acceptors (Lipinski definition) is 3. The second-order valence-corrected chi connectivity index (χ2v) is 2.60. The van der Waals surface area contributed by atoms with Crippen LogP contribution in [0.2, 0.25) is 0 Å². The van der Waals surface area contributed by atoms with Gasteiger partial charge in [-0.2, -0.15) is 0 Å². The Hall–Kier alpha value is -2.08. The summed E-state index contributed by atoms with van der Waals surface area (Å²) in [6, 6.07) is 4.46. The average Bonchev–Trinajstić information content (AvgIpc) is 2.27. The van der Waals surface area contributed by atoms with E-state index in [2.05, 4.69) is 10.7 Å². The first-order chi connectivity index (χ1) is 6.71. The Morgan fingerprint density at radius 1 is 1.50 bits per heavy atom. The Morgan fingerprint density at radius 3 is 2.71 bits per heavy atom. The molecule has 0 atom stereocenters. The Bertz CT molecular complexity index is 413. The van der Waals surface area contributed by atoms with Gasteiger partial charge in [0.2, 0.25) is 0 Å². The Morgan fingerprint density at radius 2 is 2.21 bits per heavy atom. The maximum atomic E-state index is 11.1. The van der Waals surface area contributed by atoms with E-state index < -0.39 is 5.97 Å². The number of aldehydes is 1. The topological polar surface area (TPSA) is 43.4 Å². The van der Waals surface area contributed by atoms with Gasteiger partial charge in [-0.25, -0.2) is 4.79 Å². The van der Waals surface area contributed by atoms with Gasteiger partial charge < -0.3 is 4.74 Å². The van der Waals surface area contributed by atoms with E-state index in [0.717, 1.165) is 0 Å². The summed E-state index contributed by atoms with van der Waals surface area (Å²) in [7, 11) is 1.27. The van der Waals surface area contributed by atoms with Crippen LogP contribution in [0.25, 0.3) is 0 Å². The van der Waals surface area contributed by atoms with Crippen LogP contribution in [0.3, 0.4) is 0 Å². The highest BCUT2D eigenvalue weighted by atomic mass is 16.5. The van der Waals surface area contributed by atoms with Gasteiger partial charge in [0.1, 0.15) is 6.29 Å². The highest BCUT2D eigenvalue weighted by Gasteiger charge is 2.07. The molecule has 0 spiro atoms. The smallest absolute Gasteiger partial charge is 0.337 e. The number of benzene rings is 1. The Labute approximate surface area is 81.7 Å². The first kappa shape index (κ1) is 10.0. The zero-order chi connectivity index (χ0) is 10.6. The second-order valence-electron chi connectivity index (χ2n) is 2.60. The van der Waals surface area contributed by atoms with Crippen LogP contribution in [0.1, 0.15) is 26.3 Å². The first-order valence-corrected chi connectivity index (χ1v) is 3.86. The molecule has 0 amide bonds. The molecule has 0 N–H and O–H groups in total. The van der Waals surface area contributed by atoms with Crippen LogP contribution in [0.15, 0.2) is 18.2 Å². The Balaban J connectivity index is 3.25. The number of carbonyl (C=O) groups excluding carboxylic acids is 2. The largest absolute Gasteiger partial charge is 0.465 e. The molecular formula is C11H8O3. The van der Waals surface area contributed by atoms with E-state index in [-0.39, 0.29) is 5.56 Å². The standard InChI is InChI=1S/C11H8O3/c1-3-8-4-9(7-12)6-10(5-8)11(13)14-2/h1,4-7H,2H3. The summed E-state index contributed by atoms with van der Waals surface area (Å²) >= 11 is 0. The van der Waals surface area contributed by atoms with Crippen molar-refractivity contribution in [3.63, 3.8) is 0 Å². The van der Waals surface area contributed by atoms with Crippen LogP contribution in [0.5, 0.6) is 0 Å². The van der Waals surface area contributed by atoms with Crippen molar-refractivity contribution < 1.29 is 14.3 Å². The SMILES string of the molecule is C#Cc1cc(C=O)cc(C(=O)OC)c1. The van der Waals surface area contributed by atoms with Gasteiger partial charge in [-0.15, -0.1) is 6.42 Å². The summed E-state index contributed by atoms with van der Waals surface area (Å²) in [4.78, 5) is 21.7. The van der Waals surface area contributed by atoms with Crippen LogP contribution in [0, 0.1) is 12.3 Å². The molecule has 0 radical (unpaired) electrons. The number of ether oxygens (including phenoxy) is 1. The van der Waals surface area contributed by atoms with Gasteiger partial charge >= 0.3 is 5.97 Å². The highest BCUT2D eigenvalue weighted by Crippen LogP contribution is 2.09. The second kappa shape index (κ2) is 4.24. The normalized spacial score (nSPS) is 8.86. The van der Waals surface area contributed by atoms with Crippen molar-refractivity contribution in [1.29, 1.82) is 0 Å². The number of hydrogen-bond donors (Lipinski definition) is 0. The van der Waals surface area contributed by atoms with Crippen molar-refractivity contribution in [2.45, 2.75) is 0 Å². The van der Waals surface area contributed by atoms with Crippen molar-refractivity contribution >= 4 is 12.3 Å². The number of carbonyl (C=O) groups is 2. The van der Waals surface area contributed by atoms with E-state index in [9.17, 15) is 9.59 Å². The molecule has 0 fully saturated rings. The third-order valence-corrected chi connectivity index (χ3v) is 1.68. The predicted molar refractivity (Wildman–Crippen MR) is 51.1 cm³/mol. The van der Waals surface area contributed by atoms with Crippen LogP contribution >= 0.6 is 0 Å². The molecule has 70 valence electrons. The predicted octanol–water partition coefficient (Wildman–Crippen LogP) is 1.27. The summed E-state index contributed by atoms with van der Waals surface area (Å²) in [5.74, 6) is 1.85. The zero-order valence-electron chi connectivity index (χ0n) is 7.61. The first-order valence-electron chi connectivity index (χ1n) is 3.86. The van der Waals surface area contributed by atoms with Crippen LogP contribution < -0.4 is 0 Å². The molecule has 1 aromatic carbocycles. The summed E-state index contributed by atoms with van der Waals surface area (Å²) in [6.45, 7) is 0. The third kappa shape index (κ3) is 1.99. The van der Waals surface area contributed by atoms with Crippen molar-refractivity contribution in [2.24, 2.45) is 0 Å². The molecule has 0 unspecified atom stereocenters. The van der Waals surface area contributed by atoms with Gasteiger partial charge in [-0.05, 0) is 18.2 Å². The van der Waals surface area contributed by atoms with Gasteiger partial charge in [0.25, 0.3) is 0 Å². The fraction of sp³-hybridized carbons (Fsp3) is 0.0909. The maximum absolute atomic E-state index is 11.1. The lowest BCUT2D eigenvalue weighted by Gasteiger charge is -2.01. The molecule has 1 aromatic rings. The number of methoxy groups -OCH3 is 1. The summed E-state index contributed by atoms with van der Waals surface area (Å²) < 4.78 is 4.51. The zero-order valence-corrected chi connectivity index (χ0v) is 7.61. The van der Waals surface area contributed by atoms with E-state index in [1.165, 1.54) is 25.3 Å². The van der Waals surface area contributed by atoms with E-state index >= 15 is 0 Å². The van der Waals surface area contributed by atoms with E-state index in [1.807, 2.05) is 0 Å². The maximum Gasteiger partial charge on any atom is 0.337 e. The monoisotopic (exact) mass is 188 g/mol. The minimum Gasteiger partial charge on any atom is -0.465 e. The van der Waals surface area contributed by atoms with Crippen LogP contribution in [0.4, 0.5) is 0 Å². The molecule has 0 bridgehead atoms. The third-order valence-electron chi connectivity index (χ3n) is 1.68. The average molecular weight is 188 g/mol. The minimum absolute atomic E-state index is 0.282. The summed E-state index contributed by atoms with van der Waals surface area (Å²) in [5, 5.41) is 0. The van der Waals surface area contributed by atoms with E-state index in [0.29, 0.717) is 17.4 Å². The minimum atomic E-state index is -0.509. The fourth-order valence-corrected chi connectivity index (χ4v) is 1.04. The molecule has 0 aliphatic carbocycles. The van der Waals surface area contributed by atoms with Crippen molar-refractivity contribution in [3.05, 3.63) is 34.9 Å². The fourth-order valence-electron chi connectivity index (χ4n) is 1.04. The van der Waals surface area contributed by atoms with Crippen molar-refractivity contribution in [1.82, 2.24) is 0 Å². The van der Waals surface area contributed by atoms with Crippen molar-refractivity contribution in [2.75, 3.05) is 7.11 Å². The molecule has 0 saturated carbocycles. The van der Waals surface area contributed by atoms with Gasteiger partial charge in [-0.1, -0.05) is 5.92 Å². The molecule has 0 aliphatic rings. The molecule has 3 nitrogen and oxygen atoms in total. The van der Waals surface area contributed by atoms with Crippen LogP contribution in [-0.4, -0.2) is 19.4 Å². The van der Waals surface area contributed by atoms with E-state index in [4.69, 9.17) is 6.42 Å². The Kier molecular flexibility index (Phi) is 3.03. The lowest BCUT2D eigenvalue weighted by atomic mass is 10.1.